The molecule has 0 aliphatic heterocycles. The molecule has 1 aromatic heterocycles. The maximum absolute atomic E-state index is 11.7. The fraction of sp³-hybridized carbons (Fsp3) is 0.545. The van der Waals surface area contributed by atoms with E-state index >= 15 is 0 Å². The number of nitrogens with one attached hydrogen (secondary N) is 2. The molecule has 0 radical (unpaired) electrons. The van der Waals surface area contributed by atoms with E-state index in [1.165, 1.54) is 7.11 Å². The number of carbonyl (C=O) groups excluding carboxylic acids is 1. The first-order valence-corrected chi connectivity index (χ1v) is 6.47. The smallest absolute Gasteiger partial charge is 0.242 e. The SMILES string of the molecule is COCCNC(=O)C(C)Nc1ncc(Br)c(OC)n1. The van der Waals surface area contributed by atoms with Gasteiger partial charge in [-0.2, -0.15) is 4.98 Å². The predicted octanol–water partition coefficient (Wildman–Crippen LogP) is 0.811. The summed E-state index contributed by atoms with van der Waals surface area (Å²) in [5.74, 6) is 0.585. The average molecular weight is 333 g/mol. The van der Waals surface area contributed by atoms with Gasteiger partial charge in [-0.15, -0.1) is 0 Å². The van der Waals surface area contributed by atoms with Gasteiger partial charge in [0, 0.05) is 13.7 Å². The number of amides is 1. The maximum atomic E-state index is 11.7. The van der Waals surface area contributed by atoms with Gasteiger partial charge in [-0.1, -0.05) is 0 Å². The quantitative estimate of drug-likeness (QED) is 0.719. The fourth-order valence-corrected chi connectivity index (χ4v) is 1.61. The number of anilines is 1. The van der Waals surface area contributed by atoms with E-state index in [4.69, 9.17) is 9.47 Å². The summed E-state index contributed by atoms with van der Waals surface area (Å²) in [6, 6.07) is -0.456. The minimum absolute atomic E-state index is 0.150. The van der Waals surface area contributed by atoms with Crippen LogP contribution >= 0.6 is 15.9 Å². The van der Waals surface area contributed by atoms with Gasteiger partial charge < -0.3 is 20.1 Å². The van der Waals surface area contributed by atoms with Crippen molar-refractivity contribution in [3.8, 4) is 5.88 Å². The van der Waals surface area contributed by atoms with Crippen LogP contribution < -0.4 is 15.4 Å². The second-order valence-electron chi connectivity index (χ2n) is 3.70. The highest BCUT2D eigenvalue weighted by Crippen LogP contribution is 2.21. The Balaban J connectivity index is 2.56. The molecule has 106 valence electrons. The molecule has 0 fully saturated rings. The molecule has 19 heavy (non-hydrogen) atoms. The number of hydrogen-bond acceptors (Lipinski definition) is 6. The molecule has 8 heteroatoms. The first kappa shape index (κ1) is 15.6. The second kappa shape index (κ2) is 7.90. The van der Waals surface area contributed by atoms with Gasteiger partial charge >= 0.3 is 0 Å². The molecule has 1 amide bonds. The highest BCUT2D eigenvalue weighted by Gasteiger charge is 2.14. The Morgan fingerprint density at radius 2 is 2.26 bits per heavy atom. The van der Waals surface area contributed by atoms with E-state index in [1.807, 2.05) is 0 Å². The number of hydrogen-bond donors (Lipinski definition) is 2. The first-order chi connectivity index (χ1) is 9.08. The number of halogens is 1. The average Bonchev–Trinajstić information content (AvgIpc) is 2.41. The van der Waals surface area contributed by atoms with E-state index in [0.717, 1.165) is 0 Å². The standard InChI is InChI=1S/C11H17BrN4O3/c1-7(9(17)13-4-5-18-2)15-11-14-6-8(12)10(16-11)19-3/h6-7H,4-5H2,1-3H3,(H,13,17)(H,14,15,16). The number of rotatable bonds is 7. The molecule has 0 aliphatic rings. The molecular formula is C11H17BrN4O3. The first-order valence-electron chi connectivity index (χ1n) is 5.68. The van der Waals surface area contributed by atoms with Crippen LogP contribution in [0.4, 0.5) is 5.95 Å². The van der Waals surface area contributed by atoms with Crippen molar-refractivity contribution < 1.29 is 14.3 Å². The number of nitrogens with zero attached hydrogens (tertiary/aromatic N) is 2. The topological polar surface area (TPSA) is 85.4 Å². The molecule has 0 saturated carbocycles. The van der Waals surface area contributed by atoms with E-state index in [2.05, 4.69) is 36.5 Å². The number of aromatic nitrogens is 2. The third-order valence-electron chi connectivity index (χ3n) is 2.25. The summed E-state index contributed by atoms with van der Waals surface area (Å²) in [6.07, 6.45) is 1.56. The number of carbonyl (C=O) groups is 1. The fourth-order valence-electron chi connectivity index (χ4n) is 1.25. The van der Waals surface area contributed by atoms with Gasteiger partial charge in [0.05, 0.1) is 24.4 Å². The molecule has 0 aromatic carbocycles. The Labute approximate surface area is 120 Å². The third-order valence-corrected chi connectivity index (χ3v) is 2.79. The van der Waals surface area contributed by atoms with Crippen LogP contribution in [0.2, 0.25) is 0 Å². The Morgan fingerprint density at radius 1 is 1.53 bits per heavy atom. The Hall–Kier alpha value is -1.41. The van der Waals surface area contributed by atoms with Gasteiger partial charge in [-0.3, -0.25) is 4.79 Å². The van der Waals surface area contributed by atoms with Crippen molar-refractivity contribution >= 4 is 27.8 Å². The van der Waals surface area contributed by atoms with Gasteiger partial charge in [-0.25, -0.2) is 4.98 Å². The van der Waals surface area contributed by atoms with Crippen LogP contribution in [0.5, 0.6) is 5.88 Å². The normalized spacial score (nSPS) is 11.8. The molecule has 7 nitrogen and oxygen atoms in total. The molecule has 1 heterocycles. The lowest BCUT2D eigenvalue weighted by atomic mass is 10.3. The van der Waals surface area contributed by atoms with Crippen molar-refractivity contribution in [3.63, 3.8) is 0 Å². The van der Waals surface area contributed by atoms with Crippen molar-refractivity contribution in [2.24, 2.45) is 0 Å². The predicted molar refractivity (Wildman–Crippen MR) is 74.3 cm³/mol. The lowest BCUT2D eigenvalue weighted by Gasteiger charge is -2.14. The summed E-state index contributed by atoms with van der Waals surface area (Å²) in [6.45, 7) is 2.66. The molecule has 0 bridgehead atoms. The van der Waals surface area contributed by atoms with Gasteiger partial charge in [0.15, 0.2) is 0 Å². The van der Waals surface area contributed by atoms with Crippen molar-refractivity contribution in [3.05, 3.63) is 10.7 Å². The van der Waals surface area contributed by atoms with Crippen molar-refractivity contribution in [1.29, 1.82) is 0 Å². The summed E-state index contributed by atoms with van der Waals surface area (Å²) < 4.78 is 10.6. The second-order valence-corrected chi connectivity index (χ2v) is 4.56. The molecule has 2 N–H and O–H groups in total. The minimum atomic E-state index is -0.456. The van der Waals surface area contributed by atoms with E-state index in [-0.39, 0.29) is 5.91 Å². The molecule has 1 atom stereocenters. The van der Waals surface area contributed by atoms with E-state index in [1.54, 1.807) is 20.2 Å². The van der Waals surface area contributed by atoms with Gasteiger partial charge in [0.1, 0.15) is 6.04 Å². The maximum Gasteiger partial charge on any atom is 0.242 e. The van der Waals surface area contributed by atoms with Crippen molar-refractivity contribution in [1.82, 2.24) is 15.3 Å². The molecule has 0 aliphatic carbocycles. The van der Waals surface area contributed by atoms with Crippen molar-refractivity contribution in [2.75, 3.05) is 32.7 Å². The van der Waals surface area contributed by atoms with Crippen LogP contribution in [0.3, 0.4) is 0 Å². The van der Waals surface area contributed by atoms with Crippen LogP contribution in [0.1, 0.15) is 6.92 Å². The Bertz CT molecular complexity index is 430. The lowest BCUT2D eigenvalue weighted by molar-refractivity contribution is -0.121. The molecule has 1 unspecified atom stereocenters. The van der Waals surface area contributed by atoms with Gasteiger partial charge in [0.25, 0.3) is 0 Å². The molecule has 1 aromatic rings. The van der Waals surface area contributed by atoms with Crippen LogP contribution in [0.15, 0.2) is 10.7 Å². The summed E-state index contributed by atoms with van der Waals surface area (Å²) in [5.41, 5.74) is 0. The van der Waals surface area contributed by atoms with Gasteiger partial charge in [0.2, 0.25) is 17.7 Å². The van der Waals surface area contributed by atoms with Crippen LogP contribution in [-0.2, 0) is 9.53 Å². The minimum Gasteiger partial charge on any atom is -0.480 e. The molecular weight excluding hydrogens is 316 g/mol. The summed E-state index contributed by atoms with van der Waals surface area (Å²) in [4.78, 5) is 19.9. The zero-order valence-electron chi connectivity index (χ0n) is 11.1. The molecule has 1 rings (SSSR count). The number of methoxy groups -OCH3 is 2. The zero-order valence-corrected chi connectivity index (χ0v) is 12.7. The third kappa shape index (κ3) is 4.99. The summed E-state index contributed by atoms with van der Waals surface area (Å²) in [5, 5.41) is 5.62. The molecule has 0 spiro atoms. The van der Waals surface area contributed by atoms with Crippen LogP contribution in [-0.4, -0.2) is 49.3 Å². The Kier molecular flexibility index (Phi) is 6.51. The van der Waals surface area contributed by atoms with E-state index in [0.29, 0.717) is 29.5 Å². The lowest BCUT2D eigenvalue weighted by Crippen LogP contribution is -2.39. The van der Waals surface area contributed by atoms with Crippen LogP contribution in [0.25, 0.3) is 0 Å². The summed E-state index contributed by atoms with van der Waals surface area (Å²) >= 11 is 3.26. The van der Waals surface area contributed by atoms with Crippen LogP contribution in [0, 0.1) is 0 Å². The van der Waals surface area contributed by atoms with E-state index in [9.17, 15) is 4.79 Å². The highest BCUT2D eigenvalue weighted by molar-refractivity contribution is 9.10. The monoisotopic (exact) mass is 332 g/mol. The number of ether oxygens (including phenoxy) is 2. The van der Waals surface area contributed by atoms with E-state index < -0.39 is 6.04 Å². The Morgan fingerprint density at radius 3 is 2.89 bits per heavy atom. The van der Waals surface area contributed by atoms with Crippen molar-refractivity contribution in [2.45, 2.75) is 13.0 Å². The summed E-state index contributed by atoms with van der Waals surface area (Å²) in [7, 11) is 3.09. The largest absolute Gasteiger partial charge is 0.480 e. The highest BCUT2D eigenvalue weighted by atomic mass is 79.9. The van der Waals surface area contributed by atoms with Gasteiger partial charge in [-0.05, 0) is 22.9 Å². The zero-order chi connectivity index (χ0) is 14.3. The molecule has 0 saturated heterocycles.